The van der Waals surface area contributed by atoms with Crippen molar-refractivity contribution < 1.29 is 18.0 Å². The number of nitrogens with zero attached hydrogens (tertiary/aromatic N) is 2. The lowest BCUT2D eigenvalue weighted by Gasteiger charge is -2.33. The number of hydrogen-bond donors (Lipinski definition) is 1. The Morgan fingerprint density at radius 3 is 2.25 bits per heavy atom. The maximum atomic E-state index is 13.7. The molecule has 0 aliphatic carbocycles. The summed E-state index contributed by atoms with van der Waals surface area (Å²) in [4.78, 5) is 28.1. The van der Waals surface area contributed by atoms with Crippen molar-refractivity contribution in [1.29, 1.82) is 0 Å². The van der Waals surface area contributed by atoms with E-state index < -0.39 is 28.5 Å². The van der Waals surface area contributed by atoms with E-state index in [1.54, 1.807) is 44.2 Å². The molecule has 7 nitrogen and oxygen atoms in total. The van der Waals surface area contributed by atoms with E-state index in [-0.39, 0.29) is 18.1 Å². The molecule has 0 aliphatic heterocycles. The Labute approximate surface area is 228 Å². The van der Waals surface area contributed by atoms with Gasteiger partial charge in [-0.3, -0.25) is 13.9 Å². The molecule has 36 heavy (non-hydrogen) atoms. The molecule has 2 rings (SSSR count). The molecular weight excluding hydrogens is 545 g/mol. The summed E-state index contributed by atoms with van der Waals surface area (Å²) in [5, 5.41) is 3.93. The van der Waals surface area contributed by atoms with Crippen LogP contribution >= 0.6 is 34.8 Å². The van der Waals surface area contributed by atoms with Crippen LogP contribution in [-0.4, -0.2) is 50.5 Å². The Bertz CT molecular complexity index is 1190. The highest BCUT2D eigenvalue weighted by molar-refractivity contribution is 7.92. The molecule has 0 aliphatic rings. The molecule has 1 atom stereocenters. The standard InChI is InChI=1S/C25H32Cl3N3O4S/c1-5-7-12-29-25(33)23(6-2)30(15-18-9-11-20(26)22(28)13-18)24(32)16-31(36(4,34)35)19-10-8-17(3)21(27)14-19/h8-11,13-14,23H,5-7,12,15-16H2,1-4H3,(H,29,33). The number of halogens is 3. The monoisotopic (exact) mass is 575 g/mol. The van der Waals surface area contributed by atoms with Crippen molar-refractivity contribution in [3.05, 3.63) is 62.6 Å². The van der Waals surface area contributed by atoms with Gasteiger partial charge < -0.3 is 10.2 Å². The molecule has 0 heterocycles. The van der Waals surface area contributed by atoms with Crippen molar-refractivity contribution in [3.63, 3.8) is 0 Å². The molecule has 2 aromatic rings. The van der Waals surface area contributed by atoms with Gasteiger partial charge in [-0.15, -0.1) is 0 Å². The summed E-state index contributed by atoms with van der Waals surface area (Å²) in [6.45, 7) is 5.63. The van der Waals surface area contributed by atoms with Crippen molar-refractivity contribution in [2.45, 2.75) is 52.6 Å². The van der Waals surface area contributed by atoms with Crippen LogP contribution in [0.3, 0.4) is 0 Å². The normalized spacial score (nSPS) is 12.2. The quantitative estimate of drug-likeness (QED) is 0.341. The number of aryl methyl sites for hydroxylation is 1. The first-order chi connectivity index (χ1) is 16.9. The first-order valence-corrected chi connectivity index (χ1v) is 14.6. The summed E-state index contributed by atoms with van der Waals surface area (Å²) >= 11 is 18.4. The fourth-order valence-electron chi connectivity index (χ4n) is 3.61. The molecule has 0 saturated carbocycles. The highest BCUT2D eigenvalue weighted by atomic mass is 35.5. The summed E-state index contributed by atoms with van der Waals surface area (Å²) < 4.78 is 26.3. The number of amides is 2. The molecule has 2 aromatic carbocycles. The smallest absolute Gasteiger partial charge is 0.244 e. The fourth-order valence-corrected chi connectivity index (χ4v) is 4.95. The number of hydrogen-bond acceptors (Lipinski definition) is 4. The predicted molar refractivity (Wildman–Crippen MR) is 147 cm³/mol. The van der Waals surface area contributed by atoms with Gasteiger partial charge in [0.15, 0.2) is 0 Å². The van der Waals surface area contributed by atoms with E-state index in [0.717, 1.165) is 29.0 Å². The van der Waals surface area contributed by atoms with Crippen LogP contribution in [0.1, 0.15) is 44.2 Å². The number of nitrogens with one attached hydrogen (secondary N) is 1. The number of carbonyl (C=O) groups is 2. The van der Waals surface area contributed by atoms with Crippen LogP contribution in [0, 0.1) is 6.92 Å². The second-order valence-corrected chi connectivity index (χ2v) is 11.7. The first kappa shape index (κ1) is 30.2. The number of benzene rings is 2. The van der Waals surface area contributed by atoms with E-state index in [4.69, 9.17) is 34.8 Å². The van der Waals surface area contributed by atoms with Crippen LogP contribution in [0.4, 0.5) is 5.69 Å². The van der Waals surface area contributed by atoms with Crippen molar-refractivity contribution >= 4 is 62.3 Å². The molecule has 198 valence electrons. The summed E-state index contributed by atoms with van der Waals surface area (Å²) in [5.74, 6) is -0.843. The maximum absolute atomic E-state index is 13.7. The van der Waals surface area contributed by atoms with Gasteiger partial charge in [0.1, 0.15) is 12.6 Å². The van der Waals surface area contributed by atoms with E-state index in [9.17, 15) is 18.0 Å². The summed E-state index contributed by atoms with van der Waals surface area (Å²) in [7, 11) is -3.84. The fraction of sp³-hybridized carbons (Fsp3) is 0.440. The van der Waals surface area contributed by atoms with Crippen LogP contribution in [0.5, 0.6) is 0 Å². The molecule has 0 radical (unpaired) electrons. The van der Waals surface area contributed by atoms with Gasteiger partial charge in [-0.1, -0.05) is 67.2 Å². The summed E-state index contributed by atoms with van der Waals surface area (Å²) in [6.07, 6.45) is 3.07. The van der Waals surface area contributed by atoms with E-state index >= 15 is 0 Å². The van der Waals surface area contributed by atoms with Gasteiger partial charge in [0.05, 0.1) is 22.0 Å². The van der Waals surface area contributed by atoms with Gasteiger partial charge in [0.2, 0.25) is 21.8 Å². The van der Waals surface area contributed by atoms with Crippen LogP contribution in [0.25, 0.3) is 0 Å². The molecule has 0 aromatic heterocycles. The third-order valence-corrected chi connectivity index (χ3v) is 7.96. The Hall–Kier alpha value is -2.00. The van der Waals surface area contributed by atoms with Gasteiger partial charge in [0.25, 0.3) is 0 Å². The number of sulfonamides is 1. The van der Waals surface area contributed by atoms with Gasteiger partial charge in [-0.25, -0.2) is 8.42 Å². The molecule has 0 spiro atoms. The SMILES string of the molecule is CCCCNC(=O)C(CC)N(Cc1ccc(Cl)c(Cl)c1)C(=O)CN(c1ccc(C)c(Cl)c1)S(C)(=O)=O. The number of unbranched alkanes of at least 4 members (excludes halogenated alkanes) is 1. The van der Waals surface area contributed by atoms with E-state index in [2.05, 4.69) is 5.32 Å². The average Bonchev–Trinajstić information content (AvgIpc) is 2.80. The van der Waals surface area contributed by atoms with Gasteiger partial charge >= 0.3 is 0 Å². The van der Waals surface area contributed by atoms with Crippen LogP contribution in [0.15, 0.2) is 36.4 Å². The van der Waals surface area contributed by atoms with Crippen LogP contribution in [-0.2, 0) is 26.2 Å². The van der Waals surface area contributed by atoms with E-state index in [1.165, 1.54) is 11.0 Å². The molecule has 1 unspecified atom stereocenters. The number of carbonyl (C=O) groups excluding carboxylic acids is 2. The van der Waals surface area contributed by atoms with Crippen molar-refractivity contribution in [1.82, 2.24) is 10.2 Å². The molecule has 2 amide bonds. The first-order valence-electron chi connectivity index (χ1n) is 11.6. The number of rotatable bonds is 12. The minimum atomic E-state index is -3.84. The lowest BCUT2D eigenvalue weighted by Crippen LogP contribution is -2.52. The predicted octanol–water partition coefficient (Wildman–Crippen LogP) is 5.44. The van der Waals surface area contributed by atoms with Gasteiger partial charge in [-0.2, -0.15) is 0 Å². The Morgan fingerprint density at radius 2 is 1.69 bits per heavy atom. The second-order valence-electron chi connectivity index (χ2n) is 8.54. The maximum Gasteiger partial charge on any atom is 0.244 e. The lowest BCUT2D eigenvalue weighted by molar-refractivity contribution is -0.140. The molecule has 11 heteroatoms. The molecule has 0 saturated heterocycles. The van der Waals surface area contributed by atoms with Gasteiger partial charge in [-0.05, 0) is 55.2 Å². The van der Waals surface area contributed by atoms with E-state index in [0.29, 0.717) is 33.6 Å². The highest BCUT2D eigenvalue weighted by Crippen LogP contribution is 2.27. The molecule has 0 fully saturated rings. The third kappa shape index (κ3) is 8.26. The zero-order chi connectivity index (χ0) is 27.0. The Balaban J connectivity index is 2.45. The summed E-state index contributed by atoms with van der Waals surface area (Å²) in [6, 6.07) is 8.92. The van der Waals surface area contributed by atoms with Crippen LogP contribution < -0.4 is 9.62 Å². The largest absolute Gasteiger partial charge is 0.354 e. The van der Waals surface area contributed by atoms with Crippen LogP contribution in [0.2, 0.25) is 15.1 Å². The molecule has 0 bridgehead atoms. The zero-order valence-corrected chi connectivity index (χ0v) is 23.9. The van der Waals surface area contributed by atoms with Crippen molar-refractivity contribution in [3.8, 4) is 0 Å². The highest BCUT2D eigenvalue weighted by Gasteiger charge is 2.31. The van der Waals surface area contributed by atoms with Crippen molar-refractivity contribution in [2.75, 3.05) is 23.7 Å². The average molecular weight is 577 g/mol. The molecule has 1 N–H and O–H groups in total. The summed E-state index contributed by atoms with van der Waals surface area (Å²) in [5.41, 5.74) is 1.69. The van der Waals surface area contributed by atoms with E-state index in [1.807, 2.05) is 6.92 Å². The third-order valence-electron chi connectivity index (χ3n) is 5.68. The number of anilines is 1. The minimum absolute atomic E-state index is 0.0433. The van der Waals surface area contributed by atoms with Gasteiger partial charge in [0, 0.05) is 18.1 Å². The second kappa shape index (κ2) is 13.5. The Morgan fingerprint density at radius 1 is 1.00 bits per heavy atom. The lowest BCUT2D eigenvalue weighted by atomic mass is 10.1. The Kier molecular flexibility index (Phi) is 11.3. The van der Waals surface area contributed by atoms with Crippen molar-refractivity contribution in [2.24, 2.45) is 0 Å². The zero-order valence-electron chi connectivity index (χ0n) is 20.9. The molecular formula is C25H32Cl3N3O4S. The topological polar surface area (TPSA) is 86.8 Å². The minimum Gasteiger partial charge on any atom is -0.354 e.